The monoisotopic (exact) mass is 447 g/mol. The summed E-state index contributed by atoms with van der Waals surface area (Å²) in [5.74, 6) is 0. The lowest BCUT2D eigenvalue weighted by atomic mass is 10.2. The summed E-state index contributed by atoms with van der Waals surface area (Å²) in [6.07, 6.45) is 1.96. The Morgan fingerprint density at radius 2 is 1.71 bits per heavy atom. The second-order valence-corrected chi connectivity index (χ2v) is 5.94. The van der Waals surface area contributed by atoms with E-state index in [-0.39, 0.29) is 0 Å². The highest BCUT2D eigenvalue weighted by Crippen LogP contribution is 2.20. The van der Waals surface area contributed by atoms with Gasteiger partial charge in [0.25, 0.3) is 0 Å². The number of nitrogens with zero attached hydrogens (tertiary/aromatic N) is 3. The number of rotatable bonds is 1. The van der Waals surface area contributed by atoms with Gasteiger partial charge < -0.3 is 0 Å². The second kappa shape index (κ2) is 4.52. The minimum absolute atomic E-state index is 0.874. The van der Waals surface area contributed by atoms with Gasteiger partial charge in [0.1, 0.15) is 3.70 Å². The molecular weight excluding hydrogens is 440 g/mol. The average Bonchev–Trinajstić information content (AvgIpc) is 2.72. The fourth-order valence-corrected chi connectivity index (χ4v) is 2.39. The predicted molar refractivity (Wildman–Crippen MR) is 83.9 cm³/mol. The summed E-state index contributed by atoms with van der Waals surface area (Å²) in [4.78, 5) is 4.55. The van der Waals surface area contributed by atoms with Crippen LogP contribution >= 0.6 is 45.2 Å². The zero-order valence-electron chi connectivity index (χ0n) is 8.64. The molecule has 17 heavy (non-hydrogen) atoms. The number of hydrogen-bond donors (Lipinski definition) is 0. The van der Waals surface area contributed by atoms with Crippen molar-refractivity contribution in [1.29, 1.82) is 0 Å². The first-order valence-electron chi connectivity index (χ1n) is 5.00. The standard InChI is InChI=1S/C12H7I2N3/c13-9-3-1-8(2-4-9)10-7-17-12(15-10)6-5-11(14)16-17/h1-7H. The van der Waals surface area contributed by atoms with Crippen molar-refractivity contribution >= 4 is 50.8 Å². The molecule has 0 spiro atoms. The first-order valence-corrected chi connectivity index (χ1v) is 7.16. The topological polar surface area (TPSA) is 30.2 Å². The number of hydrogen-bond acceptors (Lipinski definition) is 2. The highest BCUT2D eigenvalue weighted by molar-refractivity contribution is 14.1. The molecule has 0 radical (unpaired) electrons. The van der Waals surface area contributed by atoms with Crippen molar-refractivity contribution < 1.29 is 0 Å². The van der Waals surface area contributed by atoms with E-state index in [4.69, 9.17) is 0 Å². The third-order valence-electron chi connectivity index (χ3n) is 2.43. The minimum atomic E-state index is 0.874. The molecule has 0 aliphatic carbocycles. The maximum absolute atomic E-state index is 4.55. The number of halogens is 2. The van der Waals surface area contributed by atoms with E-state index >= 15 is 0 Å². The summed E-state index contributed by atoms with van der Waals surface area (Å²) in [5, 5.41) is 4.38. The van der Waals surface area contributed by atoms with E-state index in [1.165, 1.54) is 3.57 Å². The van der Waals surface area contributed by atoms with Crippen LogP contribution in [0.3, 0.4) is 0 Å². The van der Waals surface area contributed by atoms with Crippen LogP contribution in [0, 0.1) is 7.27 Å². The largest absolute Gasteiger partial charge is 0.227 e. The Labute approximate surface area is 126 Å². The fourth-order valence-electron chi connectivity index (χ4n) is 1.62. The molecule has 0 saturated heterocycles. The van der Waals surface area contributed by atoms with Crippen LogP contribution in [0.15, 0.2) is 42.6 Å². The van der Waals surface area contributed by atoms with Crippen molar-refractivity contribution in [3.05, 3.63) is 49.9 Å². The molecule has 0 aliphatic heterocycles. The summed E-state index contributed by atoms with van der Waals surface area (Å²) in [6.45, 7) is 0. The number of fused-ring (bicyclic) bond motifs is 1. The lowest BCUT2D eigenvalue weighted by Crippen LogP contribution is -1.91. The Kier molecular flexibility index (Phi) is 3.03. The maximum atomic E-state index is 4.55. The second-order valence-electron chi connectivity index (χ2n) is 3.59. The summed E-state index contributed by atoms with van der Waals surface area (Å²) >= 11 is 4.49. The summed E-state index contributed by atoms with van der Waals surface area (Å²) in [7, 11) is 0. The third kappa shape index (κ3) is 2.30. The van der Waals surface area contributed by atoms with Crippen LogP contribution in [-0.4, -0.2) is 14.6 Å². The Bertz CT molecular complexity index is 674. The molecule has 0 saturated carbocycles. The first-order chi connectivity index (χ1) is 8.22. The van der Waals surface area contributed by atoms with Gasteiger partial charge in [-0.25, -0.2) is 9.50 Å². The normalized spacial score (nSPS) is 10.9. The number of imidazole rings is 1. The lowest BCUT2D eigenvalue weighted by molar-refractivity contribution is 0.914. The van der Waals surface area contributed by atoms with E-state index in [1.54, 1.807) is 0 Å². The SMILES string of the molecule is Ic1ccc(-c2cn3nc(I)ccc3n2)cc1. The van der Waals surface area contributed by atoms with Gasteiger partial charge in [0.2, 0.25) is 0 Å². The van der Waals surface area contributed by atoms with E-state index in [1.807, 2.05) is 22.8 Å². The Hall–Kier alpha value is -0.700. The van der Waals surface area contributed by atoms with Crippen molar-refractivity contribution in [1.82, 2.24) is 14.6 Å². The molecule has 0 aliphatic rings. The molecular formula is C12H7I2N3. The van der Waals surface area contributed by atoms with Gasteiger partial charge >= 0.3 is 0 Å². The zero-order chi connectivity index (χ0) is 11.8. The molecule has 1 aromatic carbocycles. The van der Waals surface area contributed by atoms with Crippen molar-refractivity contribution in [3.8, 4) is 11.3 Å². The first kappa shape index (κ1) is 11.4. The quantitative estimate of drug-likeness (QED) is 0.534. The Morgan fingerprint density at radius 3 is 2.47 bits per heavy atom. The van der Waals surface area contributed by atoms with E-state index in [2.05, 4.69) is 79.5 Å². The van der Waals surface area contributed by atoms with Crippen molar-refractivity contribution in [2.75, 3.05) is 0 Å². The number of benzene rings is 1. The molecule has 3 nitrogen and oxygen atoms in total. The van der Waals surface area contributed by atoms with Crippen molar-refractivity contribution in [3.63, 3.8) is 0 Å². The highest BCUT2D eigenvalue weighted by Gasteiger charge is 2.05. The molecule has 2 aromatic heterocycles. The smallest absolute Gasteiger partial charge is 0.154 e. The maximum Gasteiger partial charge on any atom is 0.154 e. The molecule has 0 N–H and O–H groups in total. The summed E-state index contributed by atoms with van der Waals surface area (Å²) < 4.78 is 4.00. The van der Waals surface area contributed by atoms with Crippen LogP contribution in [0.25, 0.3) is 16.9 Å². The van der Waals surface area contributed by atoms with Crippen molar-refractivity contribution in [2.45, 2.75) is 0 Å². The van der Waals surface area contributed by atoms with Crippen LogP contribution < -0.4 is 0 Å². The molecule has 2 heterocycles. The van der Waals surface area contributed by atoms with Gasteiger partial charge in [-0.05, 0) is 69.4 Å². The number of aromatic nitrogens is 3. The van der Waals surface area contributed by atoms with Crippen LogP contribution in [0.4, 0.5) is 0 Å². The molecule has 0 amide bonds. The lowest BCUT2D eigenvalue weighted by Gasteiger charge is -1.95. The van der Waals surface area contributed by atoms with Crippen molar-refractivity contribution in [2.24, 2.45) is 0 Å². The average molecular weight is 447 g/mol. The summed E-state index contributed by atoms with van der Waals surface area (Å²) in [6, 6.07) is 12.3. The Balaban J connectivity index is 2.14. The molecule has 0 fully saturated rings. The molecule has 0 unspecified atom stereocenters. The van der Waals surface area contributed by atoms with E-state index < -0.39 is 0 Å². The van der Waals surface area contributed by atoms with E-state index in [0.29, 0.717) is 0 Å². The molecule has 3 aromatic rings. The molecule has 0 atom stereocenters. The minimum Gasteiger partial charge on any atom is -0.227 e. The van der Waals surface area contributed by atoms with E-state index in [9.17, 15) is 0 Å². The molecule has 3 rings (SSSR count). The van der Waals surface area contributed by atoms with Gasteiger partial charge in [-0.2, -0.15) is 5.10 Å². The Morgan fingerprint density at radius 1 is 0.941 bits per heavy atom. The van der Waals surface area contributed by atoms with E-state index in [0.717, 1.165) is 20.6 Å². The van der Waals surface area contributed by atoms with Crippen LogP contribution in [0.5, 0.6) is 0 Å². The zero-order valence-corrected chi connectivity index (χ0v) is 13.0. The summed E-state index contributed by atoms with van der Waals surface area (Å²) in [5.41, 5.74) is 2.95. The van der Waals surface area contributed by atoms with Gasteiger partial charge in [-0.15, -0.1) is 0 Å². The highest BCUT2D eigenvalue weighted by atomic mass is 127. The van der Waals surface area contributed by atoms with Crippen LogP contribution in [-0.2, 0) is 0 Å². The van der Waals surface area contributed by atoms with Crippen LogP contribution in [0.2, 0.25) is 0 Å². The molecule has 5 heteroatoms. The van der Waals surface area contributed by atoms with Gasteiger partial charge in [-0.1, -0.05) is 12.1 Å². The van der Waals surface area contributed by atoms with Gasteiger partial charge in [0, 0.05) is 9.13 Å². The van der Waals surface area contributed by atoms with Gasteiger partial charge in [0.15, 0.2) is 5.65 Å². The van der Waals surface area contributed by atoms with Gasteiger partial charge in [0.05, 0.1) is 11.9 Å². The fraction of sp³-hybridized carbons (Fsp3) is 0. The third-order valence-corrected chi connectivity index (χ3v) is 3.72. The molecule has 0 bridgehead atoms. The molecule has 84 valence electrons. The van der Waals surface area contributed by atoms with Gasteiger partial charge in [-0.3, -0.25) is 0 Å². The predicted octanol–water partition coefficient (Wildman–Crippen LogP) is 3.61. The van der Waals surface area contributed by atoms with Crippen LogP contribution in [0.1, 0.15) is 0 Å².